The Labute approximate surface area is 164 Å². The Morgan fingerprint density at radius 2 is 1.93 bits per heavy atom. The number of nitro groups is 1. The Morgan fingerprint density at radius 1 is 1.19 bits per heavy atom. The summed E-state index contributed by atoms with van der Waals surface area (Å²) in [4.78, 5) is 22.7. The van der Waals surface area contributed by atoms with Crippen molar-refractivity contribution < 1.29 is 23.9 Å². The number of hydrogen-bond acceptors (Lipinski definition) is 6. The highest BCUT2D eigenvalue weighted by Gasteiger charge is 2.41. The maximum Gasteiger partial charge on any atom is 0.338 e. The van der Waals surface area contributed by atoms with E-state index in [-0.39, 0.29) is 27.9 Å². The average molecular weight is 412 g/mol. The van der Waals surface area contributed by atoms with E-state index in [1.54, 1.807) is 26.0 Å². The highest BCUT2D eigenvalue weighted by molar-refractivity contribution is 6.35. The van der Waals surface area contributed by atoms with Gasteiger partial charge in [-0.3, -0.25) is 10.1 Å². The van der Waals surface area contributed by atoms with E-state index in [2.05, 4.69) is 0 Å². The molecular weight excluding hydrogens is 397 g/mol. The second kappa shape index (κ2) is 7.72. The number of halogens is 2. The molecule has 2 atom stereocenters. The molecule has 1 fully saturated rings. The minimum Gasteiger partial charge on any atom is -0.456 e. The Morgan fingerprint density at radius 3 is 2.52 bits per heavy atom. The van der Waals surface area contributed by atoms with Gasteiger partial charge >= 0.3 is 5.97 Å². The third kappa shape index (κ3) is 4.16. The Kier molecular flexibility index (Phi) is 5.55. The highest BCUT2D eigenvalue weighted by Crippen LogP contribution is 2.39. The molecule has 2 aromatic rings. The van der Waals surface area contributed by atoms with Gasteiger partial charge in [-0.05, 0) is 36.2 Å². The van der Waals surface area contributed by atoms with Crippen LogP contribution in [-0.4, -0.2) is 17.0 Å². The fraction of sp³-hybridized carbons (Fsp3) is 0.278. The van der Waals surface area contributed by atoms with Crippen molar-refractivity contribution in [2.75, 3.05) is 0 Å². The minimum atomic E-state index is -1.19. The van der Waals surface area contributed by atoms with Crippen molar-refractivity contribution >= 4 is 34.9 Å². The lowest BCUT2D eigenvalue weighted by Crippen LogP contribution is -2.22. The summed E-state index contributed by atoms with van der Waals surface area (Å²) in [7, 11) is 0. The summed E-state index contributed by atoms with van der Waals surface area (Å²) in [6, 6.07) is 8.76. The maximum absolute atomic E-state index is 12.0. The fourth-order valence-corrected chi connectivity index (χ4v) is 3.04. The first-order valence-corrected chi connectivity index (χ1v) is 8.79. The number of carbonyl (C=O) groups is 1. The van der Waals surface area contributed by atoms with E-state index in [9.17, 15) is 14.9 Å². The first-order valence-electron chi connectivity index (χ1n) is 8.03. The monoisotopic (exact) mass is 411 g/mol. The van der Waals surface area contributed by atoms with Crippen molar-refractivity contribution in [2.24, 2.45) is 5.92 Å². The van der Waals surface area contributed by atoms with E-state index in [0.717, 1.165) is 0 Å². The molecule has 3 rings (SSSR count). The molecule has 1 aliphatic heterocycles. The van der Waals surface area contributed by atoms with Crippen LogP contribution in [0.2, 0.25) is 10.0 Å². The van der Waals surface area contributed by atoms with Gasteiger partial charge < -0.3 is 14.2 Å². The minimum absolute atomic E-state index is 0.0825. The van der Waals surface area contributed by atoms with Gasteiger partial charge in [0.15, 0.2) is 6.10 Å². The SMILES string of the molecule is CC(C)C1OC(c2cc(Oc3ccc(Cl)cc3Cl)ccc2[N+](=O)[O-])OC1=O. The Hall–Kier alpha value is -2.35. The number of cyclic esters (lactones) is 1. The number of nitro benzene ring substituents is 1. The number of nitrogens with zero attached hydrogens (tertiary/aromatic N) is 1. The van der Waals surface area contributed by atoms with Gasteiger partial charge in [0, 0.05) is 11.1 Å². The van der Waals surface area contributed by atoms with Crippen molar-refractivity contribution in [2.45, 2.75) is 26.2 Å². The molecule has 7 nitrogen and oxygen atoms in total. The molecule has 1 aliphatic rings. The second-order valence-electron chi connectivity index (χ2n) is 6.22. The van der Waals surface area contributed by atoms with Crippen LogP contribution in [-0.2, 0) is 14.3 Å². The van der Waals surface area contributed by atoms with Crippen molar-refractivity contribution in [3.63, 3.8) is 0 Å². The summed E-state index contributed by atoms with van der Waals surface area (Å²) in [6.45, 7) is 3.59. The molecule has 9 heteroatoms. The van der Waals surface area contributed by atoms with Crippen LogP contribution >= 0.6 is 23.2 Å². The molecule has 0 aliphatic carbocycles. The molecule has 142 valence electrons. The van der Waals surface area contributed by atoms with Crippen LogP contribution in [0.15, 0.2) is 36.4 Å². The van der Waals surface area contributed by atoms with Crippen molar-refractivity contribution in [1.29, 1.82) is 0 Å². The first kappa shape index (κ1) is 19.4. The predicted molar refractivity (Wildman–Crippen MR) is 98.2 cm³/mol. The van der Waals surface area contributed by atoms with Crippen LogP contribution in [0.25, 0.3) is 0 Å². The van der Waals surface area contributed by atoms with E-state index >= 15 is 0 Å². The Balaban J connectivity index is 1.94. The van der Waals surface area contributed by atoms with Gasteiger partial charge in [0.1, 0.15) is 17.1 Å². The third-order valence-corrected chi connectivity index (χ3v) is 4.43. The van der Waals surface area contributed by atoms with Gasteiger partial charge in [0.25, 0.3) is 5.69 Å². The smallest absolute Gasteiger partial charge is 0.338 e. The molecular formula is C18H15Cl2NO6. The standard InChI is InChI=1S/C18H15Cl2NO6/c1-9(2)16-17(22)27-18(26-16)12-8-11(4-5-14(12)21(23)24)25-15-6-3-10(19)7-13(15)20/h3-9,16,18H,1-2H3. The summed E-state index contributed by atoms with van der Waals surface area (Å²) < 4.78 is 16.5. The summed E-state index contributed by atoms with van der Waals surface area (Å²) in [5.41, 5.74) is -0.161. The van der Waals surface area contributed by atoms with Crippen LogP contribution < -0.4 is 4.74 Å². The third-order valence-electron chi connectivity index (χ3n) is 3.90. The van der Waals surface area contributed by atoms with Gasteiger partial charge in [-0.15, -0.1) is 0 Å². The number of hydrogen-bond donors (Lipinski definition) is 0. The van der Waals surface area contributed by atoms with Gasteiger partial charge in [0.05, 0.1) is 9.95 Å². The zero-order chi connectivity index (χ0) is 19.7. The lowest BCUT2D eigenvalue weighted by Gasteiger charge is -2.14. The zero-order valence-corrected chi connectivity index (χ0v) is 15.9. The van der Waals surface area contributed by atoms with Gasteiger partial charge in [0.2, 0.25) is 6.29 Å². The van der Waals surface area contributed by atoms with Crippen LogP contribution in [0.3, 0.4) is 0 Å². The molecule has 2 unspecified atom stereocenters. The van der Waals surface area contributed by atoms with E-state index in [1.165, 1.54) is 24.3 Å². The normalized spacial score (nSPS) is 19.2. The van der Waals surface area contributed by atoms with Crippen molar-refractivity contribution in [3.8, 4) is 11.5 Å². The molecule has 0 N–H and O–H groups in total. The van der Waals surface area contributed by atoms with Crippen LogP contribution in [0.1, 0.15) is 25.7 Å². The van der Waals surface area contributed by atoms with Crippen LogP contribution in [0.4, 0.5) is 5.69 Å². The molecule has 2 aromatic carbocycles. The lowest BCUT2D eigenvalue weighted by atomic mass is 10.1. The topological polar surface area (TPSA) is 87.9 Å². The molecule has 1 saturated heterocycles. The predicted octanol–water partition coefficient (Wildman–Crippen LogP) is 5.29. The van der Waals surface area contributed by atoms with E-state index < -0.39 is 23.3 Å². The lowest BCUT2D eigenvalue weighted by molar-refractivity contribution is -0.386. The van der Waals surface area contributed by atoms with Gasteiger partial charge in [-0.1, -0.05) is 37.0 Å². The summed E-state index contributed by atoms with van der Waals surface area (Å²) >= 11 is 11.9. The summed E-state index contributed by atoms with van der Waals surface area (Å²) in [5, 5.41) is 12.1. The first-order chi connectivity index (χ1) is 12.8. The summed E-state index contributed by atoms with van der Waals surface area (Å²) in [6.07, 6.45) is -1.97. The quantitative estimate of drug-likeness (QED) is 0.377. The van der Waals surface area contributed by atoms with E-state index in [0.29, 0.717) is 10.8 Å². The molecule has 0 radical (unpaired) electrons. The van der Waals surface area contributed by atoms with Crippen LogP contribution in [0, 0.1) is 16.0 Å². The molecule has 0 spiro atoms. The molecule has 0 aromatic heterocycles. The summed E-state index contributed by atoms with van der Waals surface area (Å²) in [5.74, 6) is -0.0945. The molecule has 0 saturated carbocycles. The largest absolute Gasteiger partial charge is 0.456 e. The molecule has 1 heterocycles. The Bertz CT molecular complexity index is 901. The maximum atomic E-state index is 12.0. The van der Waals surface area contributed by atoms with Gasteiger partial charge in [-0.25, -0.2) is 4.79 Å². The number of esters is 1. The second-order valence-corrected chi connectivity index (χ2v) is 7.07. The molecule has 0 bridgehead atoms. The molecule has 0 amide bonds. The number of ether oxygens (including phenoxy) is 3. The fourth-order valence-electron chi connectivity index (χ4n) is 2.59. The highest BCUT2D eigenvalue weighted by atomic mass is 35.5. The average Bonchev–Trinajstić information content (AvgIpc) is 2.99. The van der Waals surface area contributed by atoms with Crippen LogP contribution in [0.5, 0.6) is 11.5 Å². The van der Waals surface area contributed by atoms with E-state index in [1.807, 2.05) is 0 Å². The molecule has 27 heavy (non-hydrogen) atoms. The van der Waals surface area contributed by atoms with Crippen molar-refractivity contribution in [1.82, 2.24) is 0 Å². The van der Waals surface area contributed by atoms with E-state index in [4.69, 9.17) is 37.4 Å². The number of rotatable bonds is 5. The zero-order valence-electron chi connectivity index (χ0n) is 14.3. The number of benzene rings is 2. The van der Waals surface area contributed by atoms with Crippen molar-refractivity contribution in [3.05, 3.63) is 62.1 Å². The van der Waals surface area contributed by atoms with Gasteiger partial charge in [-0.2, -0.15) is 0 Å². The number of carbonyl (C=O) groups excluding carboxylic acids is 1.